The molecule has 15 heavy (non-hydrogen) atoms. The fourth-order valence-corrected chi connectivity index (χ4v) is 1.36. The average molecular weight is 211 g/mol. The van der Waals surface area contributed by atoms with Gasteiger partial charge in [-0.3, -0.25) is 0 Å². The molecule has 0 aliphatic carbocycles. The van der Waals surface area contributed by atoms with Crippen molar-refractivity contribution in [2.45, 2.75) is 0 Å². The van der Waals surface area contributed by atoms with Crippen molar-refractivity contribution in [3.8, 4) is 11.5 Å². The monoisotopic (exact) mass is 211 g/mol. The van der Waals surface area contributed by atoms with E-state index in [2.05, 4.69) is 0 Å². The lowest BCUT2D eigenvalue weighted by atomic mass is 10.2. The van der Waals surface area contributed by atoms with Crippen LogP contribution < -0.4 is 14.4 Å². The van der Waals surface area contributed by atoms with Gasteiger partial charge in [0, 0.05) is 20.2 Å². The minimum absolute atomic E-state index is 0.503. The van der Waals surface area contributed by atoms with E-state index in [1.54, 1.807) is 21.3 Å². The average Bonchev–Trinajstić information content (AvgIpc) is 2.28. The fraction of sp³-hybridized carbons (Fsp3) is 0.455. The lowest BCUT2D eigenvalue weighted by molar-refractivity contribution is 0.201. The van der Waals surface area contributed by atoms with Gasteiger partial charge in [0.15, 0.2) is 0 Å². The number of rotatable bonds is 5. The summed E-state index contributed by atoms with van der Waals surface area (Å²) in [5, 5.41) is 0. The molecule has 0 saturated carbocycles. The summed E-state index contributed by atoms with van der Waals surface area (Å²) in [5.74, 6) is 1.60. The minimum Gasteiger partial charge on any atom is -0.497 e. The van der Waals surface area contributed by atoms with E-state index in [-0.39, 0.29) is 0 Å². The van der Waals surface area contributed by atoms with Crippen molar-refractivity contribution >= 4 is 5.69 Å². The standard InChI is InChI=1S/C11H17NO3/c1-12(8-13-2)10-7-9(14-3)5-6-11(10)15-4/h5-7H,8H2,1-4H3. The smallest absolute Gasteiger partial charge is 0.142 e. The molecule has 0 aliphatic heterocycles. The van der Waals surface area contributed by atoms with Crippen LogP contribution in [-0.4, -0.2) is 35.1 Å². The SMILES string of the molecule is COCN(C)c1cc(OC)ccc1OC. The zero-order chi connectivity index (χ0) is 11.3. The number of hydrogen-bond acceptors (Lipinski definition) is 4. The van der Waals surface area contributed by atoms with Gasteiger partial charge in [-0.25, -0.2) is 0 Å². The molecule has 4 heteroatoms. The molecule has 0 spiro atoms. The van der Waals surface area contributed by atoms with Crippen molar-refractivity contribution in [2.75, 3.05) is 40.0 Å². The lowest BCUT2D eigenvalue weighted by Crippen LogP contribution is -2.20. The van der Waals surface area contributed by atoms with Gasteiger partial charge in [-0.2, -0.15) is 0 Å². The second kappa shape index (κ2) is 5.46. The van der Waals surface area contributed by atoms with Gasteiger partial charge in [0.2, 0.25) is 0 Å². The Hall–Kier alpha value is -1.42. The largest absolute Gasteiger partial charge is 0.497 e. The number of benzene rings is 1. The molecule has 1 rings (SSSR count). The zero-order valence-electron chi connectivity index (χ0n) is 9.61. The molecule has 0 N–H and O–H groups in total. The Labute approximate surface area is 90.4 Å². The van der Waals surface area contributed by atoms with Crippen LogP contribution >= 0.6 is 0 Å². The Morgan fingerprint density at radius 1 is 1.13 bits per heavy atom. The molecule has 0 heterocycles. The van der Waals surface area contributed by atoms with Crippen molar-refractivity contribution in [1.29, 1.82) is 0 Å². The summed E-state index contributed by atoms with van der Waals surface area (Å²) < 4.78 is 15.5. The first kappa shape index (κ1) is 11.7. The second-order valence-electron chi connectivity index (χ2n) is 3.15. The third-order valence-electron chi connectivity index (χ3n) is 2.12. The molecule has 0 radical (unpaired) electrons. The van der Waals surface area contributed by atoms with Crippen LogP contribution in [0.4, 0.5) is 5.69 Å². The van der Waals surface area contributed by atoms with Gasteiger partial charge in [-0.1, -0.05) is 0 Å². The minimum atomic E-state index is 0.503. The molecule has 0 amide bonds. The van der Waals surface area contributed by atoms with Gasteiger partial charge in [0.05, 0.1) is 19.9 Å². The molecule has 0 bridgehead atoms. The van der Waals surface area contributed by atoms with E-state index in [9.17, 15) is 0 Å². The molecule has 84 valence electrons. The van der Waals surface area contributed by atoms with Gasteiger partial charge in [0.25, 0.3) is 0 Å². The summed E-state index contributed by atoms with van der Waals surface area (Å²) >= 11 is 0. The lowest BCUT2D eigenvalue weighted by Gasteiger charge is -2.21. The molecule has 1 aromatic carbocycles. The van der Waals surface area contributed by atoms with Crippen molar-refractivity contribution in [3.05, 3.63) is 18.2 Å². The molecular formula is C11H17NO3. The highest BCUT2D eigenvalue weighted by atomic mass is 16.5. The molecule has 0 aromatic heterocycles. The number of anilines is 1. The number of ether oxygens (including phenoxy) is 3. The normalized spacial score (nSPS) is 9.87. The molecule has 0 atom stereocenters. The first-order valence-corrected chi connectivity index (χ1v) is 4.65. The van der Waals surface area contributed by atoms with Crippen molar-refractivity contribution in [3.63, 3.8) is 0 Å². The van der Waals surface area contributed by atoms with Crippen LogP contribution in [0.3, 0.4) is 0 Å². The summed E-state index contributed by atoms with van der Waals surface area (Å²) in [7, 11) is 6.87. The van der Waals surface area contributed by atoms with E-state index in [0.717, 1.165) is 17.2 Å². The van der Waals surface area contributed by atoms with Crippen LogP contribution in [0.15, 0.2) is 18.2 Å². The maximum absolute atomic E-state index is 5.26. The highest BCUT2D eigenvalue weighted by molar-refractivity contribution is 5.61. The fourth-order valence-electron chi connectivity index (χ4n) is 1.36. The van der Waals surface area contributed by atoms with Crippen LogP contribution in [0.5, 0.6) is 11.5 Å². The van der Waals surface area contributed by atoms with E-state index < -0.39 is 0 Å². The summed E-state index contributed by atoms with van der Waals surface area (Å²) in [5.41, 5.74) is 0.943. The summed E-state index contributed by atoms with van der Waals surface area (Å²) in [6, 6.07) is 5.65. The first-order chi connectivity index (χ1) is 7.22. The summed E-state index contributed by atoms with van der Waals surface area (Å²) in [6.07, 6.45) is 0. The molecular weight excluding hydrogens is 194 g/mol. The van der Waals surface area contributed by atoms with E-state index in [1.807, 2.05) is 30.1 Å². The van der Waals surface area contributed by atoms with Crippen LogP contribution in [0.2, 0.25) is 0 Å². The molecule has 0 fully saturated rings. The Morgan fingerprint density at radius 3 is 2.40 bits per heavy atom. The Morgan fingerprint density at radius 2 is 1.87 bits per heavy atom. The van der Waals surface area contributed by atoms with Crippen molar-refractivity contribution in [1.82, 2.24) is 0 Å². The Bertz CT molecular complexity index is 315. The van der Waals surface area contributed by atoms with Gasteiger partial charge in [0.1, 0.15) is 18.2 Å². The maximum Gasteiger partial charge on any atom is 0.142 e. The Kier molecular flexibility index (Phi) is 4.24. The van der Waals surface area contributed by atoms with Gasteiger partial charge in [-0.15, -0.1) is 0 Å². The molecule has 1 aromatic rings. The van der Waals surface area contributed by atoms with Crippen molar-refractivity contribution < 1.29 is 14.2 Å². The maximum atomic E-state index is 5.26. The van der Waals surface area contributed by atoms with E-state index in [0.29, 0.717) is 6.73 Å². The summed E-state index contributed by atoms with van der Waals surface area (Å²) in [4.78, 5) is 1.95. The van der Waals surface area contributed by atoms with E-state index in [4.69, 9.17) is 14.2 Å². The highest BCUT2D eigenvalue weighted by Gasteiger charge is 2.08. The highest BCUT2D eigenvalue weighted by Crippen LogP contribution is 2.31. The number of hydrogen-bond donors (Lipinski definition) is 0. The number of methoxy groups -OCH3 is 3. The van der Waals surface area contributed by atoms with Crippen LogP contribution in [0.25, 0.3) is 0 Å². The van der Waals surface area contributed by atoms with Gasteiger partial charge < -0.3 is 19.1 Å². The third-order valence-corrected chi connectivity index (χ3v) is 2.12. The third kappa shape index (κ3) is 2.76. The van der Waals surface area contributed by atoms with E-state index in [1.165, 1.54) is 0 Å². The predicted molar refractivity (Wildman–Crippen MR) is 59.8 cm³/mol. The Balaban J connectivity index is 3.00. The van der Waals surface area contributed by atoms with Gasteiger partial charge in [-0.05, 0) is 12.1 Å². The topological polar surface area (TPSA) is 30.9 Å². The van der Waals surface area contributed by atoms with Crippen LogP contribution in [0.1, 0.15) is 0 Å². The van der Waals surface area contributed by atoms with Crippen LogP contribution in [0, 0.1) is 0 Å². The molecule has 0 aliphatic rings. The number of nitrogens with zero attached hydrogens (tertiary/aromatic N) is 1. The second-order valence-corrected chi connectivity index (χ2v) is 3.15. The van der Waals surface area contributed by atoms with Gasteiger partial charge >= 0.3 is 0 Å². The molecule has 0 unspecified atom stereocenters. The quantitative estimate of drug-likeness (QED) is 0.694. The zero-order valence-corrected chi connectivity index (χ0v) is 9.61. The first-order valence-electron chi connectivity index (χ1n) is 4.65. The van der Waals surface area contributed by atoms with Crippen LogP contribution in [-0.2, 0) is 4.74 Å². The van der Waals surface area contributed by atoms with E-state index >= 15 is 0 Å². The van der Waals surface area contributed by atoms with Crippen molar-refractivity contribution in [2.24, 2.45) is 0 Å². The molecule has 0 saturated heterocycles. The summed E-state index contributed by atoms with van der Waals surface area (Å²) in [6.45, 7) is 0.503. The predicted octanol–water partition coefficient (Wildman–Crippen LogP) is 1.74. The molecule has 4 nitrogen and oxygen atoms in total.